The van der Waals surface area contributed by atoms with Gasteiger partial charge in [-0.15, -0.1) is 0 Å². The molecule has 0 aromatic heterocycles. The minimum absolute atomic E-state index is 0.336. The SMILES string of the molecule is CS(=O)(=O)[C@@](Cl)(I)C(=O)c1ccccc1F. The molecule has 1 aromatic carbocycles. The number of halogens is 3. The lowest BCUT2D eigenvalue weighted by Gasteiger charge is -2.16. The molecule has 0 saturated heterocycles. The van der Waals surface area contributed by atoms with Crippen molar-refractivity contribution in [3.63, 3.8) is 0 Å². The molecule has 0 aliphatic carbocycles. The highest BCUT2D eigenvalue weighted by Crippen LogP contribution is 2.34. The number of sulfone groups is 1. The Morgan fingerprint density at radius 2 is 1.94 bits per heavy atom. The first-order chi connectivity index (χ1) is 7.18. The summed E-state index contributed by atoms with van der Waals surface area (Å²) in [4.78, 5) is 11.8. The van der Waals surface area contributed by atoms with Crippen molar-refractivity contribution >= 4 is 49.8 Å². The third-order valence-corrected chi connectivity index (χ3v) is 6.87. The lowest BCUT2D eigenvalue weighted by Crippen LogP contribution is -2.34. The van der Waals surface area contributed by atoms with E-state index in [2.05, 4.69) is 0 Å². The molecule has 0 spiro atoms. The summed E-state index contributed by atoms with van der Waals surface area (Å²) in [6, 6.07) is 5.09. The van der Waals surface area contributed by atoms with E-state index in [1.54, 1.807) is 0 Å². The fraction of sp³-hybridized carbons (Fsp3) is 0.222. The van der Waals surface area contributed by atoms with Crippen LogP contribution in [0.15, 0.2) is 24.3 Å². The van der Waals surface area contributed by atoms with Gasteiger partial charge in [-0.1, -0.05) is 23.7 Å². The van der Waals surface area contributed by atoms with E-state index in [4.69, 9.17) is 11.6 Å². The maximum absolute atomic E-state index is 13.3. The Morgan fingerprint density at radius 3 is 2.38 bits per heavy atom. The van der Waals surface area contributed by atoms with Gasteiger partial charge in [-0.25, -0.2) is 12.8 Å². The molecule has 0 aliphatic heterocycles. The number of hydrogen-bond donors (Lipinski definition) is 0. The second kappa shape index (κ2) is 4.58. The second-order valence-electron chi connectivity index (χ2n) is 3.10. The third kappa shape index (κ3) is 2.54. The minimum Gasteiger partial charge on any atom is -0.290 e. The Kier molecular flexibility index (Phi) is 3.96. The van der Waals surface area contributed by atoms with Gasteiger partial charge in [-0.2, -0.15) is 0 Å². The summed E-state index contributed by atoms with van der Waals surface area (Å²) in [5.41, 5.74) is -0.336. The van der Waals surface area contributed by atoms with E-state index >= 15 is 0 Å². The van der Waals surface area contributed by atoms with Crippen LogP contribution in [0.2, 0.25) is 0 Å². The summed E-state index contributed by atoms with van der Waals surface area (Å²) in [5.74, 6) is -1.77. The molecule has 7 heteroatoms. The van der Waals surface area contributed by atoms with Crippen molar-refractivity contribution in [3.05, 3.63) is 35.6 Å². The topological polar surface area (TPSA) is 51.2 Å². The van der Waals surface area contributed by atoms with Gasteiger partial charge in [-0.05, 0) is 34.7 Å². The van der Waals surface area contributed by atoms with Gasteiger partial charge in [0.05, 0.1) is 5.56 Å². The van der Waals surface area contributed by atoms with Gasteiger partial charge in [-0.3, -0.25) is 4.79 Å². The molecule has 0 amide bonds. The molecule has 0 radical (unpaired) electrons. The molecular weight excluding hydrogens is 370 g/mol. The fourth-order valence-electron chi connectivity index (χ4n) is 0.971. The van der Waals surface area contributed by atoms with Gasteiger partial charge in [0.2, 0.25) is 5.78 Å². The normalized spacial score (nSPS) is 15.5. The van der Waals surface area contributed by atoms with Gasteiger partial charge in [0.15, 0.2) is 9.84 Å². The van der Waals surface area contributed by atoms with Crippen LogP contribution in [0.25, 0.3) is 0 Å². The number of carbonyl (C=O) groups excluding carboxylic acids is 1. The van der Waals surface area contributed by atoms with E-state index in [9.17, 15) is 17.6 Å². The molecule has 1 atom stereocenters. The molecule has 16 heavy (non-hydrogen) atoms. The molecule has 88 valence electrons. The highest BCUT2D eigenvalue weighted by molar-refractivity contribution is 14.1. The van der Waals surface area contributed by atoms with Crippen LogP contribution in [0.1, 0.15) is 10.4 Å². The molecule has 0 N–H and O–H groups in total. The monoisotopic (exact) mass is 376 g/mol. The quantitative estimate of drug-likeness (QED) is 0.462. The molecule has 0 bridgehead atoms. The van der Waals surface area contributed by atoms with Crippen LogP contribution in [0.5, 0.6) is 0 Å². The molecule has 0 aliphatic rings. The molecule has 1 rings (SSSR count). The lowest BCUT2D eigenvalue weighted by molar-refractivity contribution is 0.0999. The predicted octanol–water partition coefficient (Wildman–Crippen LogP) is 2.38. The predicted molar refractivity (Wildman–Crippen MR) is 68.2 cm³/mol. The zero-order valence-corrected chi connectivity index (χ0v) is 11.8. The van der Waals surface area contributed by atoms with Crippen molar-refractivity contribution in [2.45, 2.75) is 2.21 Å². The number of alkyl halides is 2. The standard InChI is InChI=1S/C9H7ClFIO3S/c1-16(14,15)9(10,12)8(13)6-4-2-3-5-7(6)11/h2-5H,1H3/t9-/m0/s1. The number of Topliss-reactive ketones (excluding diaryl/α,β-unsaturated/α-hetero) is 1. The molecular formula is C9H7ClFIO3S. The number of hydrogen-bond acceptors (Lipinski definition) is 3. The van der Waals surface area contributed by atoms with E-state index < -0.39 is 23.7 Å². The molecule has 1 aromatic rings. The van der Waals surface area contributed by atoms with Crippen molar-refractivity contribution in [3.8, 4) is 0 Å². The van der Waals surface area contributed by atoms with Gasteiger partial charge in [0, 0.05) is 6.26 Å². The summed E-state index contributed by atoms with van der Waals surface area (Å²) >= 11 is 6.94. The number of carbonyl (C=O) groups is 1. The molecule has 0 heterocycles. The van der Waals surface area contributed by atoms with Crippen molar-refractivity contribution < 1.29 is 17.6 Å². The average Bonchev–Trinajstić information content (AvgIpc) is 2.15. The fourth-order valence-corrected chi connectivity index (χ4v) is 1.81. The summed E-state index contributed by atoms with van der Waals surface area (Å²) in [6.45, 7) is 0. The maximum atomic E-state index is 13.3. The number of benzene rings is 1. The van der Waals surface area contributed by atoms with Crippen LogP contribution in [0.4, 0.5) is 4.39 Å². The van der Waals surface area contributed by atoms with Crippen LogP contribution in [-0.4, -0.2) is 22.7 Å². The lowest BCUT2D eigenvalue weighted by atomic mass is 10.1. The number of ketones is 1. The Bertz CT molecular complexity index is 527. The van der Waals surface area contributed by atoms with E-state index in [-0.39, 0.29) is 5.56 Å². The zero-order chi connectivity index (χ0) is 12.6. The Labute approximate surface area is 111 Å². The average molecular weight is 377 g/mol. The van der Waals surface area contributed by atoms with Crippen LogP contribution >= 0.6 is 34.2 Å². The minimum atomic E-state index is -3.83. The molecule has 3 nitrogen and oxygen atoms in total. The largest absolute Gasteiger partial charge is 0.290 e. The van der Waals surface area contributed by atoms with E-state index in [0.717, 1.165) is 12.3 Å². The first kappa shape index (κ1) is 13.9. The van der Waals surface area contributed by atoms with E-state index in [1.165, 1.54) is 40.8 Å². The zero-order valence-electron chi connectivity index (χ0n) is 8.08. The molecule has 0 saturated carbocycles. The summed E-state index contributed by atoms with van der Waals surface area (Å²) in [7, 11) is -3.83. The van der Waals surface area contributed by atoms with Gasteiger partial charge in [0.1, 0.15) is 5.82 Å². The third-order valence-electron chi connectivity index (χ3n) is 1.85. The Hall–Kier alpha value is -0.210. The van der Waals surface area contributed by atoms with Crippen LogP contribution < -0.4 is 0 Å². The highest BCUT2D eigenvalue weighted by atomic mass is 127. The van der Waals surface area contributed by atoms with Crippen molar-refractivity contribution in [2.75, 3.05) is 6.26 Å². The molecule has 0 unspecified atom stereocenters. The van der Waals surface area contributed by atoms with Gasteiger partial charge < -0.3 is 0 Å². The van der Waals surface area contributed by atoms with Gasteiger partial charge >= 0.3 is 0 Å². The molecule has 0 fully saturated rings. The van der Waals surface area contributed by atoms with Crippen LogP contribution in [0.3, 0.4) is 0 Å². The second-order valence-corrected chi connectivity index (χ2v) is 9.03. The smallest absolute Gasteiger partial charge is 0.257 e. The van der Waals surface area contributed by atoms with Crippen molar-refractivity contribution in [1.82, 2.24) is 0 Å². The van der Waals surface area contributed by atoms with E-state index in [1.807, 2.05) is 0 Å². The highest BCUT2D eigenvalue weighted by Gasteiger charge is 2.44. The summed E-state index contributed by atoms with van der Waals surface area (Å²) in [6.07, 6.45) is 0.825. The van der Waals surface area contributed by atoms with E-state index in [0.29, 0.717) is 0 Å². The summed E-state index contributed by atoms with van der Waals surface area (Å²) in [5, 5.41) is 0. The number of rotatable bonds is 3. The Balaban J connectivity index is 3.29. The maximum Gasteiger partial charge on any atom is 0.257 e. The van der Waals surface area contributed by atoms with Crippen LogP contribution in [-0.2, 0) is 9.84 Å². The Morgan fingerprint density at radius 1 is 1.44 bits per heavy atom. The van der Waals surface area contributed by atoms with Gasteiger partial charge in [0.25, 0.3) is 2.21 Å². The first-order valence-corrected chi connectivity index (χ1v) is 7.39. The van der Waals surface area contributed by atoms with Crippen molar-refractivity contribution in [1.29, 1.82) is 0 Å². The van der Waals surface area contributed by atoms with Crippen LogP contribution in [0, 0.1) is 5.82 Å². The van der Waals surface area contributed by atoms with Crippen molar-refractivity contribution in [2.24, 2.45) is 0 Å². The summed E-state index contributed by atoms with van der Waals surface area (Å²) < 4.78 is 33.7. The first-order valence-electron chi connectivity index (χ1n) is 4.04.